The Labute approximate surface area is 236 Å². The van der Waals surface area contributed by atoms with Crippen molar-refractivity contribution in [2.24, 2.45) is 11.1 Å². The van der Waals surface area contributed by atoms with Gasteiger partial charge in [-0.3, -0.25) is 14.4 Å². The summed E-state index contributed by atoms with van der Waals surface area (Å²) in [6.07, 6.45) is -0.682. The molecule has 1 aliphatic heterocycles. The van der Waals surface area contributed by atoms with Crippen LogP contribution in [0.25, 0.3) is 0 Å². The van der Waals surface area contributed by atoms with Gasteiger partial charge in [0.15, 0.2) is 5.78 Å². The van der Waals surface area contributed by atoms with Gasteiger partial charge < -0.3 is 14.8 Å². The highest BCUT2D eigenvalue weighted by molar-refractivity contribution is 9.09. The normalized spacial score (nSPS) is 18.6. The number of amides is 1. The van der Waals surface area contributed by atoms with Crippen LogP contribution in [0.4, 0.5) is 0 Å². The summed E-state index contributed by atoms with van der Waals surface area (Å²) >= 11 is 3.06. The molecule has 1 amide bonds. The Morgan fingerprint density at radius 3 is 2.23 bits per heavy atom. The van der Waals surface area contributed by atoms with Crippen molar-refractivity contribution in [3.05, 3.63) is 71.8 Å². The van der Waals surface area contributed by atoms with Crippen LogP contribution in [0.5, 0.6) is 0 Å². The molecule has 1 heterocycles. The number of rotatable bonds is 13. The standard InChI is InChI=1S/C27H32BrN3O7S/c1-18(2)25(30-39(36,37)17-19-10-6-4-7-11-19)21-15-27(38-29-21,20-12-8-5-9-13-20)26(35)31(3)22(14-24(33)34)23(32)16-28/h4-13,18,22,25,30H,14-17H2,1-3H3,(H,33,34)/t22-,25-,27?/m0/s1. The SMILES string of the molecule is CC(C)[C@H](NS(=O)(=O)Cc1ccccc1)C1=NOC(C(=O)N(C)[C@@H](CC(=O)O)C(=O)CBr)(c2ccccc2)C1. The number of carboxylic acid groups (broad SMARTS) is 1. The molecular formula is C27H32BrN3O7S. The molecule has 210 valence electrons. The van der Waals surface area contributed by atoms with E-state index in [0.717, 1.165) is 4.90 Å². The topological polar surface area (TPSA) is 142 Å². The Morgan fingerprint density at radius 2 is 1.69 bits per heavy atom. The molecule has 12 heteroatoms. The van der Waals surface area contributed by atoms with E-state index in [0.29, 0.717) is 16.8 Å². The molecule has 39 heavy (non-hydrogen) atoms. The Balaban J connectivity index is 1.94. The van der Waals surface area contributed by atoms with Crippen molar-refractivity contribution in [2.45, 2.75) is 50.1 Å². The largest absolute Gasteiger partial charge is 0.481 e. The third kappa shape index (κ3) is 7.31. The number of carbonyl (C=O) groups is 3. The van der Waals surface area contributed by atoms with E-state index in [1.54, 1.807) is 60.7 Å². The molecule has 0 saturated heterocycles. The number of halogens is 1. The number of nitrogens with one attached hydrogen (secondary N) is 1. The molecule has 1 unspecified atom stereocenters. The van der Waals surface area contributed by atoms with Crippen LogP contribution in [-0.2, 0) is 40.6 Å². The van der Waals surface area contributed by atoms with Crippen LogP contribution in [-0.4, -0.2) is 66.3 Å². The maximum atomic E-state index is 14.0. The molecule has 0 bridgehead atoms. The number of Topliss-reactive ketones (excluding diaryl/α,β-unsaturated/α-hetero) is 1. The number of hydrogen-bond donors (Lipinski definition) is 2. The van der Waals surface area contributed by atoms with E-state index in [9.17, 15) is 27.9 Å². The van der Waals surface area contributed by atoms with Crippen LogP contribution in [0.1, 0.15) is 37.8 Å². The predicted octanol–water partition coefficient (Wildman–Crippen LogP) is 3.07. The van der Waals surface area contributed by atoms with E-state index in [4.69, 9.17) is 4.84 Å². The molecule has 2 N–H and O–H groups in total. The fourth-order valence-electron chi connectivity index (χ4n) is 4.49. The number of hydrogen-bond acceptors (Lipinski definition) is 7. The summed E-state index contributed by atoms with van der Waals surface area (Å²) in [5, 5.41) is 13.4. The maximum absolute atomic E-state index is 14.0. The Morgan fingerprint density at radius 1 is 1.10 bits per heavy atom. The van der Waals surface area contributed by atoms with Gasteiger partial charge in [-0.25, -0.2) is 13.1 Å². The Hall–Kier alpha value is -3.09. The Kier molecular flexibility index (Phi) is 10.0. The van der Waals surface area contributed by atoms with Crippen molar-refractivity contribution in [1.82, 2.24) is 9.62 Å². The van der Waals surface area contributed by atoms with Crippen LogP contribution in [0, 0.1) is 5.92 Å². The van der Waals surface area contributed by atoms with Gasteiger partial charge in [-0.1, -0.05) is 95.6 Å². The fraction of sp³-hybridized carbons (Fsp3) is 0.407. The van der Waals surface area contributed by atoms with Gasteiger partial charge in [0.1, 0.15) is 6.04 Å². The van der Waals surface area contributed by atoms with Gasteiger partial charge in [0.05, 0.1) is 29.3 Å². The van der Waals surface area contributed by atoms with Crippen molar-refractivity contribution >= 4 is 49.3 Å². The monoisotopic (exact) mass is 621 g/mol. The average Bonchev–Trinajstić information content (AvgIpc) is 3.36. The molecule has 0 fully saturated rings. The summed E-state index contributed by atoms with van der Waals surface area (Å²) in [5.41, 5.74) is -0.342. The summed E-state index contributed by atoms with van der Waals surface area (Å²) in [7, 11) is -2.44. The van der Waals surface area contributed by atoms with Gasteiger partial charge in [0.25, 0.3) is 5.91 Å². The lowest BCUT2D eigenvalue weighted by Gasteiger charge is -2.34. The van der Waals surface area contributed by atoms with Crippen molar-refractivity contribution < 1.29 is 32.7 Å². The lowest BCUT2D eigenvalue weighted by Crippen LogP contribution is -2.53. The third-order valence-corrected chi connectivity index (χ3v) is 8.40. The highest BCUT2D eigenvalue weighted by Crippen LogP contribution is 2.39. The number of nitrogens with zero attached hydrogens (tertiary/aromatic N) is 2. The smallest absolute Gasteiger partial charge is 0.305 e. The van der Waals surface area contributed by atoms with Crippen LogP contribution in [0.15, 0.2) is 65.8 Å². The van der Waals surface area contributed by atoms with Crippen molar-refractivity contribution in [3.63, 3.8) is 0 Å². The molecule has 2 aromatic carbocycles. The molecule has 0 radical (unpaired) electrons. The van der Waals surface area contributed by atoms with Gasteiger partial charge in [-0.05, 0) is 11.5 Å². The maximum Gasteiger partial charge on any atom is 0.305 e. The number of carboxylic acids is 1. The number of sulfonamides is 1. The summed E-state index contributed by atoms with van der Waals surface area (Å²) < 4.78 is 28.8. The zero-order valence-electron chi connectivity index (χ0n) is 21.9. The highest BCUT2D eigenvalue weighted by atomic mass is 79.9. The van der Waals surface area contributed by atoms with Crippen molar-refractivity contribution in [3.8, 4) is 0 Å². The summed E-state index contributed by atoms with van der Waals surface area (Å²) in [5.74, 6) is -2.86. The summed E-state index contributed by atoms with van der Waals surface area (Å²) in [4.78, 5) is 45.0. The summed E-state index contributed by atoms with van der Waals surface area (Å²) in [6.45, 7) is 3.65. The second-order valence-corrected chi connectivity index (χ2v) is 12.1. The minimum Gasteiger partial charge on any atom is -0.481 e. The lowest BCUT2D eigenvalue weighted by atomic mass is 9.84. The zero-order chi connectivity index (χ0) is 28.8. The third-order valence-electron chi connectivity index (χ3n) is 6.53. The number of carbonyl (C=O) groups excluding carboxylic acids is 2. The van der Waals surface area contributed by atoms with Crippen LogP contribution < -0.4 is 4.72 Å². The average molecular weight is 623 g/mol. The van der Waals surface area contributed by atoms with Crippen LogP contribution >= 0.6 is 15.9 Å². The van der Waals surface area contributed by atoms with E-state index < -0.39 is 51.8 Å². The predicted molar refractivity (Wildman–Crippen MR) is 150 cm³/mol. The molecule has 1 aliphatic rings. The van der Waals surface area contributed by atoms with E-state index >= 15 is 0 Å². The molecule has 2 aromatic rings. The zero-order valence-corrected chi connectivity index (χ0v) is 24.3. The first-order valence-electron chi connectivity index (χ1n) is 12.3. The van der Waals surface area contributed by atoms with E-state index in [-0.39, 0.29) is 23.4 Å². The number of benzene rings is 2. The number of alkyl halides is 1. The first-order chi connectivity index (χ1) is 18.4. The quantitative estimate of drug-likeness (QED) is 0.327. The minimum atomic E-state index is -3.79. The highest BCUT2D eigenvalue weighted by Gasteiger charge is 2.52. The van der Waals surface area contributed by atoms with Gasteiger partial charge in [0.2, 0.25) is 15.6 Å². The fourth-order valence-corrected chi connectivity index (χ4v) is 6.37. The van der Waals surface area contributed by atoms with Crippen LogP contribution in [0.3, 0.4) is 0 Å². The Bertz CT molecular complexity index is 1320. The molecule has 0 aromatic heterocycles. The number of likely N-dealkylation sites (N-methyl/N-ethyl adjacent to an activating group) is 1. The molecule has 0 saturated carbocycles. The molecule has 3 rings (SSSR count). The first-order valence-corrected chi connectivity index (χ1v) is 15.1. The summed E-state index contributed by atoms with van der Waals surface area (Å²) in [6, 6.07) is 15.3. The van der Waals surface area contributed by atoms with Gasteiger partial charge >= 0.3 is 5.97 Å². The minimum absolute atomic E-state index is 0.0980. The van der Waals surface area contributed by atoms with E-state index in [1.165, 1.54) is 7.05 Å². The second kappa shape index (κ2) is 12.8. The lowest BCUT2D eigenvalue weighted by molar-refractivity contribution is -0.160. The van der Waals surface area contributed by atoms with E-state index in [1.807, 2.05) is 13.8 Å². The van der Waals surface area contributed by atoms with Gasteiger partial charge in [-0.15, -0.1) is 0 Å². The van der Waals surface area contributed by atoms with Crippen molar-refractivity contribution in [2.75, 3.05) is 12.4 Å². The number of oxime groups is 1. The molecule has 0 aliphatic carbocycles. The molecule has 0 spiro atoms. The van der Waals surface area contributed by atoms with Gasteiger partial charge in [-0.2, -0.15) is 0 Å². The van der Waals surface area contributed by atoms with Crippen molar-refractivity contribution in [1.29, 1.82) is 0 Å². The molecule has 10 nitrogen and oxygen atoms in total. The first kappa shape index (κ1) is 30.5. The molecular weight excluding hydrogens is 590 g/mol. The second-order valence-electron chi connectivity index (χ2n) is 9.76. The molecule has 3 atom stereocenters. The van der Waals surface area contributed by atoms with Crippen LogP contribution in [0.2, 0.25) is 0 Å². The number of aliphatic carboxylic acids is 1. The number of ketones is 1. The van der Waals surface area contributed by atoms with E-state index in [2.05, 4.69) is 25.8 Å². The van der Waals surface area contributed by atoms with Gasteiger partial charge in [0, 0.05) is 19.0 Å².